The van der Waals surface area contributed by atoms with Crippen LogP contribution in [-0.4, -0.2) is 21.6 Å². The van der Waals surface area contributed by atoms with Gasteiger partial charge in [0.05, 0.1) is 17.5 Å². The van der Waals surface area contributed by atoms with Crippen LogP contribution in [0.2, 0.25) is 0 Å². The molecule has 27 heavy (non-hydrogen) atoms. The highest BCUT2D eigenvalue weighted by atomic mass is 16.6. The van der Waals surface area contributed by atoms with Crippen LogP contribution in [0.5, 0.6) is 5.75 Å². The van der Waals surface area contributed by atoms with Crippen molar-refractivity contribution in [3.63, 3.8) is 0 Å². The largest absolute Gasteiger partial charge is 0.497 e. The predicted molar refractivity (Wildman–Crippen MR) is 104 cm³/mol. The minimum absolute atomic E-state index is 0.0516. The summed E-state index contributed by atoms with van der Waals surface area (Å²) in [5.41, 5.74) is 3.10. The predicted octanol–water partition coefficient (Wildman–Crippen LogP) is 4.67. The normalized spacial score (nSPS) is 10.9. The van der Waals surface area contributed by atoms with Gasteiger partial charge in [-0.2, -0.15) is 0 Å². The molecule has 0 aliphatic heterocycles. The van der Waals surface area contributed by atoms with E-state index in [4.69, 9.17) is 4.74 Å². The van der Waals surface area contributed by atoms with E-state index in [9.17, 15) is 10.1 Å². The summed E-state index contributed by atoms with van der Waals surface area (Å²) in [5.74, 6) is 1.47. The molecule has 0 spiro atoms. The van der Waals surface area contributed by atoms with Gasteiger partial charge in [-0.1, -0.05) is 48.5 Å². The van der Waals surface area contributed by atoms with E-state index in [0.717, 1.165) is 16.9 Å². The van der Waals surface area contributed by atoms with Crippen molar-refractivity contribution in [2.45, 2.75) is 6.54 Å². The third kappa shape index (κ3) is 3.13. The van der Waals surface area contributed by atoms with Gasteiger partial charge < -0.3 is 9.30 Å². The molecule has 0 saturated heterocycles. The van der Waals surface area contributed by atoms with Gasteiger partial charge >= 0.3 is 0 Å². The summed E-state index contributed by atoms with van der Waals surface area (Å²) in [6.07, 6.45) is 0. The zero-order valence-electron chi connectivity index (χ0n) is 14.7. The molecule has 134 valence electrons. The number of nitro groups is 1. The maximum absolute atomic E-state index is 11.6. The van der Waals surface area contributed by atoms with E-state index in [1.807, 2.05) is 59.2 Å². The summed E-state index contributed by atoms with van der Waals surface area (Å²) in [6.45, 7) is 0.468. The van der Waals surface area contributed by atoms with Crippen LogP contribution in [0.4, 0.5) is 5.69 Å². The van der Waals surface area contributed by atoms with Gasteiger partial charge in [0, 0.05) is 18.2 Å². The van der Waals surface area contributed by atoms with Crippen molar-refractivity contribution in [2.75, 3.05) is 7.11 Å². The summed E-state index contributed by atoms with van der Waals surface area (Å²) < 4.78 is 7.12. The zero-order valence-corrected chi connectivity index (χ0v) is 14.7. The summed E-state index contributed by atoms with van der Waals surface area (Å²) in [5, 5.41) is 11.6. The topological polar surface area (TPSA) is 70.2 Å². The lowest BCUT2D eigenvalue weighted by Gasteiger charge is -2.10. The van der Waals surface area contributed by atoms with E-state index in [2.05, 4.69) is 4.98 Å². The average molecular weight is 359 g/mol. The van der Waals surface area contributed by atoms with Gasteiger partial charge in [-0.25, -0.2) is 4.98 Å². The van der Waals surface area contributed by atoms with E-state index in [0.29, 0.717) is 23.4 Å². The Balaban J connectivity index is 1.92. The van der Waals surface area contributed by atoms with Crippen LogP contribution < -0.4 is 4.74 Å². The summed E-state index contributed by atoms with van der Waals surface area (Å²) in [6, 6.07) is 22.4. The van der Waals surface area contributed by atoms with Gasteiger partial charge in [-0.3, -0.25) is 10.1 Å². The standard InChI is InChI=1S/C21H17N3O3/c1-27-17-12-10-15(11-13-17)14-23-20-18(8-5-9-19(20)24(25)26)22-21(23)16-6-3-2-4-7-16/h2-13H,14H2,1H3. The Morgan fingerprint density at radius 1 is 1.00 bits per heavy atom. The van der Waals surface area contributed by atoms with Crippen LogP contribution in [0.15, 0.2) is 72.8 Å². The molecule has 0 atom stereocenters. The summed E-state index contributed by atoms with van der Waals surface area (Å²) >= 11 is 0. The number of hydrogen-bond acceptors (Lipinski definition) is 4. The number of nitro benzene ring substituents is 1. The van der Waals surface area contributed by atoms with Crippen LogP contribution >= 0.6 is 0 Å². The minimum Gasteiger partial charge on any atom is -0.497 e. The first kappa shape index (κ1) is 16.8. The maximum atomic E-state index is 11.6. The number of aromatic nitrogens is 2. The number of non-ortho nitro benzene ring substituents is 1. The molecule has 0 aliphatic carbocycles. The van der Waals surface area contributed by atoms with Gasteiger partial charge in [0.1, 0.15) is 17.1 Å². The second-order valence-corrected chi connectivity index (χ2v) is 6.14. The molecule has 0 bridgehead atoms. The zero-order chi connectivity index (χ0) is 18.8. The Labute approximate surface area is 155 Å². The number of imidazole rings is 1. The third-order valence-corrected chi connectivity index (χ3v) is 4.47. The molecule has 0 aliphatic rings. The van der Waals surface area contributed by atoms with E-state index in [1.165, 1.54) is 6.07 Å². The summed E-state index contributed by atoms with van der Waals surface area (Å²) in [7, 11) is 1.62. The van der Waals surface area contributed by atoms with E-state index in [-0.39, 0.29) is 10.6 Å². The van der Waals surface area contributed by atoms with Gasteiger partial charge in [-0.15, -0.1) is 0 Å². The molecule has 0 amide bonds. The smallest absolute Gasteiger partial charge is 0.295 e. The van der Waals surface area contributed by atoms with Crippen molar-refractivity contribution >= 4 is 16.7 Å². The molecule has 4 aromatic rings. The first-order valence-corrected chi connectivity index (χ1v) is 8.49. The molecule has 0 fully saturated rings. The fraction of sp³-hybridized carbons (Fsp3) is 0.0952. The lowest BCUT2D eigenvalue weighted by molar-refractivity contribution is -0.383. The monoisotopic (exact) mass is 359 g/mol. The number of ether oxygens (including phenoxy) is 1. The molecule has 1 heterocycles. The Morgan fingerprint density at radius 2 is 1.74 bits per heavy atom. The minimum atomic E-state index is -0.358. The Bertz CT molecular complexity index is 1100. The average Bonchev–Trinajstić information content (AvgIpc) is 3.07. The fourth-order valence-electron chi connectivity index (χ4n) is 3.19. The first-order valence-electron chi connectivity index (χ1n) is 8.49. The van der Waals surface area contributed by atoms with Crippen molar-refractivity contribution in [3.05, 3.63) is 88.5 Å². The number of nitrogens with zero attached hydrogens (tertiary/aromatic N) is 3. The van der Waals surface area contributed by atoms with Crippen molar-refractivity contribution in [1.82, 2.24) is 9.55 Å². The molecular weight excluding hydrogens is 342 g/mol. The first-order chi connectivity index (χ1) is 13.2. The van der Waals surface area contributed by atoms with Gasteiger partial charge in [0.25, 0.3) is 5.69 Å². The number of fused-ring (bicyclic) bond motifs is 1. The van der Waals surface area contributed by atoms with Gasteiger partial charge in [0.15, 0.2) is 0 Å². The highest BCUT2D eigenvalue weighted by molar-refractivity contribution is 5.88. The van der Waals surface area contributed by atoms with Crippen molar-refractivity contribution in [3.8, 4) is 17.1 Å². The Kier molecular flexibility index (Phi) is 4.30. The van der Waals surface area contributed by atoms with E-state index < -0.39 is 0 Å². The number of hydrogen-bond donors (Lipinski definition) is 0. The highest BCUT2D eigenvalue weighted by Gasteiger charge is 2.21. The molecular formula is C21H17N3O3. The van der Waals surface area contributed by atoms with Crippen LogP contribution in [0.1, 0.15) is 5.56 Å². The van der Waals surface area contributed by atoms with Gasteiger partial charge in [0.2, 0.25) is 0 Å². The van der Waals surface area contributed by atoms with Crippen LogP contribution in [0.3, 0.4) is 0 Å². The number of methoxy groups -OCH3 is 1. The van der Waals surface area contributed by atoms with E-state index in [1.54, 1.807) is 19.2 Å². The molecule has 1 aromatic heterocycles. The van der Waals surface area contributed by atoms with Crippen molar-refractivity contribution in [1.29, 1.82) is 0 Å². The van der Waals surface area contributed by atoms with Crippen LogP contribution in [-0.2, 0) is 6.54 Å². The second kappa shape index (κ2) is 6.92. The highest BCUT2D eigenvalue weighted by Crippen LogP contribution is 2.31. The molecule has 0 radical (unpaired) electrons. The van der Waals surface area contributed by atoms with Gasteiger partial charge in [-0.05, 0) is 23.8 Å². The van der Waals surface area contributed by atoms with E-state index >= 15 is 0 Å². The molecule has 0 unspecified atom stereocenters. The fourth-order valence-corrected chi connectivity index (χ4v) is 3.19. The Hall–Kier alpha value is -3.67. The van der Waals surface area contributed by atoms with Crippen LogP contribution in [0, 0.1) is 10.1 Å². The second-order valence-electron chi connectivity index (χ2n) is 6.14. The quantitative estimate of drug-likeness (QED) is 0.383. The number of rotatable bonds is 5. The Morgan fingerprint density at radius 3 is 2.41 bits per heavy atom. The molecule has 3 aromatic carbocycles. The lowest BCUT2D eigenvalue weighted by Crippen LogP contribution is -2.04. The lowest BCUT2D eigenvalue weighted by atomic mass is 10.2. The summed E-state index contributed by atoms with van der Waals surface area (Å²) in [4.78, 5) is 15.9. The maximum Gasteiger partial charge on any atom is 0.295 e. The molecule has 4 rings (SSSR count). The van der Waals surface area contributed by atoms with Crippen molar-refractivity contribution in [2.24, 2.45) is 0 Å². The number of para-hydroxylation sites is 1. The van der Waals surface area contributed by atoms with Crippen molar-refractivity contribution < 1.29 is 9.66 Å². The molecule has 0 N–H and O–H groups in total. The third-order valence-electron chi connectivity index (χ3n) is 4.47. The molecule has 0 saturated carbocycles. The SMILES string of the molecule is COc1ccc(Cn2c(-c3ccccc3)nc3cccc([N+](=O)[O-])c32)cc1. The van der Waals surface area contributed by atoms with Crippen LogP contribution in [0.25, 0.3) is 22.4 Å². The molecule has 6 heteroatoms. The molecule has 6 nitrogen and oxygen atoms in total. The number of benzene rings is 3.